The Kier molecular flexibility index (Phi) is 8.53. The van der Waals surface area contributed by atoms with E-state index >= 15 is 0 Å². The van der Waals surface area contributed by atoms with Crippen LogP contribution in [0.4, 0.5) is 0 Å². The van der Waals surface area contributed by atoms with Gasteiger partial charge in [0.15, 0.2) is 5.75 Å². The third-order valence-corrected chi connectivity index (χ3v) is 9.54. The molecule has 3 aromatic carbocycles. The van der Waals surface area contributed by atoms with Gasteiger partial charge in [0.05, 0.1) is 10.0 Å². The molecule has 1 aliphatic heterocycles. The number of rotatable bonds is 10. The Balaban J connectivity index is 1.17. The lowest BCUT2D eigenvalue weighted by Crippen LogP contribution is -2.36. The Morgan fingerprint density at radius 1 is 0.952 bits per heavy atom. The van der Waals surface area contributed by atoms with Crippen molar-refractivity contribution in [2.75, 3.05) is 26.3 Å². The van der Waals surface area contributed by atoms with Crippen LogP contribution in [0.3, 0.4) is 0 Å². The molecule has 6 rings (SSSR count). The van der Waals surface area contributed by atoms with Crippen LogP contribution in [0.5, 0.6) is 11.5 Å². The summed E-state index contributed by atoms with van der Waals surface area (Å²) in [4.78, 5) is 16.5. The first-order valence-electron chi connectivity index (χ1n) is 14.9. The smallest absolute Gasteiger partial charge is 0.250 e. The highest BCUT2D eigenvalue weighted by Crippen LogP contribution is 2.46. The number of carbonyl (C=O) groups is 1. The van der Waals surface area contributed by atoms with Crippen molar-refractivity contribution < 1.29 is 14.3 Å². The molecule has 1 saturated carbocycles. The highest BCUT2D eigenvalue weighted by molar-refractivity contribution is 6.37. The molecule has 5 nitrogen and oxygen atoms in total. The number of hydrogen-bond acceptors (Lipinski definition) is 4. The Bertz CT molecular complexity index is 1490. The Morgan fingerprint density at radius 2 is 1.67 bits per heavy atom. The predicted molar refractivity (Wildman–Crippen MR) is 170 cm³/mol. The highest BCUT2D eigenvalue weighted by Gasteiger charge is 2.44. The topological polar surface area (TPSA) is 50.8 Å². The summed E-state index contributed by atoms with van der Waals surface area (Å²) in [6, 6.07) is 18.6. The zero-order valence-electron chi connectivity index (χ0n) is 24.5. The summed E-state index contributed by atoms with van der Waals surface area (Å²) in [7, 11) is 0. The number of hydrogen-bond donors (Lipinski definition) is 1. The van der Waals surface area contributed by atoms with Gasteiger partial charge in [0.1, 0.15) is 19.0 Å². The zero-order chi connectivity index (χ0) is 29.4. The van der Waals surface area contributed by atoms with Gasteiger partial charge in [-0.2, -0.15) is 0 Å². The van der Waals surface area contributed by atoms with Gasteiger partial charge in [-0.25, -0.2) is 0 Å². The minimum atomic E-state index is 0.218. The van der Waals surface area contributed by atoms with Gasteiger partial charge in [-0.1, -0.05) is 53.5 Å². The molecule has 7 heteroatoms. The molecule has 3 aliphatic rings. The maximum absolute atomic E-state index is 14.4. The van der Waals surface area contributed by atoms with Gasteiger partial charge >= 0.3 is 0 Å². The van der Waals surface area contributed by atoms with E-state index < -0.39 is 0 Å². The van der Waals surface area contributed by atoms with Gasteiger partial charge in [0.25, 0.3) is 5.91 Å². The van der Waals surface area contributed by atoms with Crippen molar-refractivity contribution in [2.45, 2.75) is 52.6 Å². The van der Waals surface area contributed by atoms with Crippen LogP contribution in [0, 0.1) is 32.6 Å². The molecule has 2 fully saturated rings. The van der Waals surface area contributed by atoms with E-state index in [0.29, 0.717) is 47.5 Å². The standard InChI is InChI=1S/C35H38Cl2N2O3/c1-21-15-31(36)34(32(37)16-21)42-14-13-41-28-11-7-24(8-12-28)29-17-26-18-38-19-30(26)33(29)35(40)39(27-9-10-27)20-25-6-4-5-22(2)23(25)3/h4-8,11-12,15-16,26-27,30,38H,9-10,13-14,17-20H2,1-3H3/t26-,30+/m0/s1. The summed E-state index contributed by atoms with van der Waals surface area (Å²) in [6.45, 7) is 9.43. The predicted octanol–water partition coefficient (Wildman–Crippen LogP) is 7.56. The van der Waals surface area contributed by atoms with E-state index in [0.717, 1.165) is 54.8 Å². The van der Waals surface area contributed by atoms with Crippen LogP contribution in [0.25, 0.3) is 5.57 Å². The second-order valence-corrected chi connectivity index (χ2v) is 12.7. The van der Waals surface area contributed by atoms with Crippen LogP contribution in [0.2, 0.25) is 10.0 Å². The number of ether oxygens (including phenoxy) is 2. The first-order chi connectivity index (χ1) is 20.3. The highest BCUT2D eigenvalue weighted by atomic mass is 35.5. The quantitative estimate of drug-likeness (QED) is 0.243. The molecule has 0 radical (unpaired) electrons. The van der Waals surface area contributed by atoms with Crippen molar-refractivity contribution in [3.63, 3.8) is 0 Å². The van der Waals surface area contributed by atoms with E-state index in [9.17, 15) is 4.79 Å². The van der Waals surface area contributed by atoms with Crippen LogP contribution in [0.1, 0.15) is 47.1 Å². The molecule has 1 heterocycles. The summed E-state index contributed by atoms with van der Waals surface area (Å²) in [5, 5.41) is 4.53. The Hall–Kier alpha value is -2.99. The van der Waals surface area contributed by atoms with Crippen molar-refractivity contribution >= 4 is 34.7 Å². The van der Waals surface area contributed by atoms with Crippen molar-refractivity contribution in [2.24, 2.45) is 11.8 Å². The van der Waals surface area contributed by atoms with Crippen molar-refractivity contribution in [3.8, 4) is 11.5 Å². The Morgan fingerprint density at radius 3 is 2.38 bits per heavy atom. The van der Waals surface area contributed by atoms with Gasteiger partial charge in [-0.3, -0.25) is 4.79 Å². The summed E-state index contributed by atoms with van der Waals surface area (Å²) in [5.41, 5.74) is 8.09. The van der Waals surface area contributed by atoms with Gasteiger partial charge in [-0.15, -0.1) is 0 Å². The zero-order valence-corrected chi connectivity index (χ0v) is 26.0. The number of halogens is 2. The van der Waals surface area contributed by atoms with Gasteiger partial charge in [0.2, 0.25) is 0 Å². The van der Waals surface area contributed by atoms with Gasteiger partial charge in [-0.05, 0) is 110 Å². The lowest BCUT2D eigenvalue weighted by Gasteiger charge is -2.27. The average molecular weight is 606 g/mol. The van der Waals surface area contributed by atoms with Crippen molar-refractivity contribution in [3.05, 3.63) is 98.0 Å². The third kappa shape index (κ3) is 6.06. The molecule has 2 aliphatic carbocycles. The summed E-state index contributed by atoms with van der Waals surface area (Å²) in [5.74, 6) is 2.18. The van der Waals surface area contributed by atoms with Crippen LogP contribution < -0.4 is 14.8 Å². The molecule has 0 spiro atoms. The summed E-state index contributed by atoms with van der Waals surface area (Å²) < 4.78 is 11.7. The Labute approximate surface area is 258 Å². The third-order valence-electron chi connectivity index (χ3n) is 8.98. The van der Waals surface area contributed by atoms with Crippen LogP contribution >= 0.6 is 23.2 Å². The fourth-order valence-corrected chi connectivity index (χ4v) is 7.10. The van der Waals surface area contributed by atoms with E-state index in [-0.39, 0.29) is 11.8 Å². The van der Waals surface area contributed by atoms with E-state index in [1.807, 2.05) is 31.2 Å². The second-order valence-electron chi connectivity index (χ2n) is 11.9. The number of nitrogens with one attached hydrogen (secondary N) is 1. The maximum Gasteiger partial charge on any atom is 0.250 e. The molecule has 1 saturated heterocycles. The minimum absolute atomic E-state index is 0.218. The molecule has 1 N–H and O–H groups in total. The fourth-order valence-electron chi connectivity index (χ4n) is 6.40. The number of nitrogens with zero attached hydrogens (tertiary/aromatic N) is 1. The first-order valence-corrected chi connectivity index (χ1v) is 15.7. The molecule has 220 valence electrons. The monoisotopic (exact) mass is 604 g/mol. The number of carbonyl (C=O) groups excluding carboxylic acids is 1. The van der Waals surface area contributed by atoms with Crippen LogP contribution in [-0.2, 0) is 11.3 Å². The van der Waals surface area contributed by atoms with Crippen LogP contribution in [0.15, 0.2) is 60.2 Å². The largest absolute Gasteiger partial charge is 0.490 e. The second kappa shape index (κ2) is 12.3. The first kappa shape index (κ1) is 29.1. The number of aryl methyl sites for hydroxylation is 2. The molecule has 3 aromatic rings. The average Bonchev–Trinajstić information content (AvgIpc) is 3.59. The number of benzene rings is 3. The van der Waals surface area contributed by atoms with E-state index in [4.69, 9.17) is 32.7 Å². The number of allylic oxidation sites excluding steroid dienone is 1. The summed E-state index contributed by atoms with van der Waals surface area (Å²) in [6.07, 6.45) is 3.10. The lowest BCUT2D eigenvalue weighted by atomic mass is 9.93. The molecular weight excluding hydrogens is 567 g/mol. The van der Waals surface area contributed by atoms with Crippen molar-refractivity contribution in [1.82, 2.24) is 10.2 Å². The maximum atomic E-state index is 14.4. The minimum Gasteiger partial charge on any atom is -0.490 e. The molecular formula is C35H38Cl2N2O3. The van der Waals surface area contributed by atoms with Gasteiger partial charge in [0, 0.05) is 30.6 Å². The van der Waals surface area contributed by atoms with E-state index in [1.165, 1.54) is 22.3 Å². The van der Waals surface area contributed by atoms with Gasteiger partial charge < -0.3 is 19.7 Å². The number of amides is 1. The molecule has 0 bridgehead atoms. The number of fused-ring (bicyclic) bond motifs is 1. The fraction of sp³-hybridized carbons (Fsp3) is 0.400. The molecule has 2 atom stereocenters. The van der Waals surface area contributed by atoms with Crippen molar-refractivity contribution in [1.29, 1.82) is 0 Å². The SMILES string of the molecule is Cc1cc(Cl)c(OCCOc2ccc(C3=C(C(=O)N(Cc4cccc(C)c4C)C4CC4)[C@@H]4CNC[C@@H]4C3)cc2)c(Cl)c1. The van der Waals surface area contributed by atoms with E-state index in [2.05, 4.69) is 54.4 Å². The molecule has 42 heavy (non-hydrogen) atoms. The normalized spacial score (nSPS) is 19.6. The van der Waals surface area contributed by atoms with Crippen LogP contribution in [-0.4, -0.2) is 43.2 Å². The molecule has 0 aromatic heterocycles. The lowest BCUT2D eigenvalue weighted by molar-refractivity contribution is -0.128. The molecule has 0 unspecified atom stereocenters. The van der Waals surface area contributed by atoms with E-state index in [1.54, 1.807) is 0 Å². The summed E-state index contributed by atoms with van der Waals surface area (Å²) >= 11 is 12.6. The molecule has 1 amide bonds.